The van der Waals surface area contributed by atoms with Gasteiger partial charge < -0.3 is 11.1 Å². The first kappa shape index (κ1) is 12.6. The van der Waals surface area contributed by atoms with Gasteiger partial charge in [-0.25, -0.2) is 4.39 Å². The van der Waals surface area contributed by atoms with Gasteiger partial charge in [0.05, 0.1) is 6.04 Å². The average Bonchev–Trinajstić information content (AvgIpc) is 2.27. The smallest absolute Gasteiger partial charge is 0.241 e. The molecule has 0 saturated carbocycles. The van der Waals surface area contributed by atoms with Crippen LogP contribution in [0.1, 0.15) is 20.3 Å². The topological polar surface area (TPSA) is 55.1 Å². The second-order valence-corrected chi connectivity index (χ2v) is 3.91. The van der Waals surface area contributed by atoms with E-state index in [0.29, 0.717) is 5.69 Å². The van der Waals surface area contributed by atoms with Crippen LogP contribution in [0.15, 0.2) is 24.3 Å². The summed E-state index contributed by atoms with van der Waals surface area (Å²) in [4.78, 5) is 11.7. The molecule has 1 amide bonds. The Hall–Kier alpha value is -1.42. The van der Waals surface area contributed by atoms with Crippen molar-refractivity contribution in [2.24, 2.45) is 11.7 Å². The maximum absolute atomic E-state index is 12.9. The maximum atomic E-state index is 12.9. The number of rotatable bonds is 4. The zero-order valence-corrected chi connectivity index (χ0v) is 9.53. The van der Waals surface area contributed by atoms with E-state index >= 15 is 0 Å². The van der Waals surface area contributed by atoms with Crippen LogP contribution in [-0.4, -0.2) is 11.9 Å². The fourth-order valence-electron chi connectivity index (χ4n) is 1.30. The molecule has 0 heterocycles. The molecule has 0 saturated heterocycles. The quantitative estimate of drug-likeness (QED) is 0.823. The van der Waals surface area contributed by atoms with Crippen LogP contribution in [0.2, 0.25) is 0 Å². The summed E-state index contributed by atoms with van der Waals surface area (Å²) in [6.45, 7) is 3.88. The number of benzene rings is 1. The highest BCUT2D eigenvalue weighted by Crippen LogP contribution is 2.11. The summed E-state index contributed by atoms with van der Waals surface area (Å²) >= 11 is 0. The lowest BCUT2D eigenvalue weighted by molar-refractivity contribution is -0.118. The van der Waals surface area contributed by atoms with E-state index < -0.39 is 6.04 Å². The third-order valence-corrected chi connectivity index (χ3v) is 2.65. The maximum Gasteiger partial charge on any atom is 0.241 e. The van der Waals surface area contributed by atoms with Gasteiger partial charge in [-0.1, -0.05) is 26.3 Å². The van der Waals surface area contributed by atoms with Crippen LogP contribution in [0.3, 0.4) is 0 Å². The summed E-state index contributed by atoms with van der Waals surface area (Å²) < 4.78 is 12.9. The Morgan fingerprint density at radius 1 is 1.56 bits per heavy atom. The van der Waals surface area contributed by atoms with E-state index in [9.17, 15) is 9.18 Å². The first-order valence-corrected chi connectivity index (χ1v) is 5.36. The Bertz CT molecular complexity index is 368. The molecule has 1 aromatic carbocycles. The lowest BCUT2D eigenvalue weighted by Crippen LogP contribution is -2.40. The fraction of sp³-hybridized carbons (Fsp3) is 0.417. The zero-order chi connectivity index (χ0) is 12.1. The number of carbonyl (C=O) groups excluding carboxylic acids is 1. The molecule has 0 fully saturated rings. The summed E-state index contributed by atoms with van der Waals surface area (Å²) in [7, 11) is 0. The van der Waals surface area contributed by atoms with Gasteiger partial charge in [0.25, 0.3) is 0 Å². The van der Waals surface area contributed by atoms with Crippen molar-refractivity contribution in [2.45, 2.75) is 26.3 Å². The number of carbonyl (C=O) groups is 1. The number of amides is 1. The molecule has 0 aliphatic rings. The van der Waals surface area contributed by atoms with E-state index in [1.807, 2.05) is 13.8 Å². The van der Waals surface area contributed by atoms with Crippen LogP contribution >= 0.6 is 0 Å². The zero-order valence-electron chi connectivity index (χ0n) is 9.53. The molecule has 0 aliphatic carbocycles. The molecular formula is C12H17FN2O. The second kappa shape index (κ2) is 5.61. The molecule has 0 aromatic heterocycles. The van der Waals surface area contributed by atoms with Crippen LogP contribution in [-0.2, 0) is 4.79 Å². The largest absolute Gasteiger partial charge is 0.325 e. The Labute approximate surface area is 94.8 Å². The van der Waals surface area contributed by atoms with Crippen LogP contribution in [0.4, 0.5) is 10.1 Å². The number of nitrogens with one attached hydrogen (secondary N) is 1. The first-order chi connectivity index (χ1) is 7.54. The molecule has 1 aromatic rings. The summed E-state index contributed by atoms with van der Waals surface area (Å²) in [6, 6.07) is 5.20. The van der Waals surface area contributed by atoms with E-state index in [1.165, 1.54) is 12.1 Å². The highest BCUT2D eigenvalue weighted by atomic mass is 19.1. The first-order valence-electron chi connectivity index (χ1n) is 5.36. The van der Waals surface area contributed by atoms with Crippen molar-refractivity contribution in [2.75, 3.05) is 5.32 Å². The van der Waals surface area contributed by atoms with Gasteiger partial charge in [-0.2, -0.15) is 0 Å². The minimum absolute atomic E-state index is 0.105. The van der Waals surface area contributed by atoms with Gasteiger partial charge in [-0.05, 0) is 24.1 Å². The molecule has 3 nitrogen and oxygen atoms in total. The number of nitrogens with two attached hydrogens (primary N) is 1. The van der Waals surface area contributed by atoms with E-state index in [2.05, 4.69) is 5.32 Å². The molecule has 0 spiro atoms. The normalized spacial score (nSPS) is 14.2. The van der Waals surface area contributed by atoms with Gasteiger partial charge in [-0.15, -0.1) is 0 Å². The molecule has 2 atom stereocenters. The third kappa shape index (κ3) is 3.31. The van der Waals surface area contributed by atoms with Crippen molar-refractivity contribution in [3.05, 3.63) is 30.1 Å². The predicted octanol–water partition coefficient (Wildman–Crippen LogP) is 2.14. The van der Waals surface area contributed by atoms with Crippen LogP contribution in [0, 0.1) is 11.7 Å². The minimum atomic E-state index is -0.562. The van der Waals surface area contributed by atoms with Crippen molar-refractivity contribution < 1.29 is 9.18 Å². The lowest BCUT2D eigenvalue weighted by atomic mass is 9.99. The van der Waals surface area contributed by atoms with Crippen molar-refractivity contribution in [1.29, 1.82) is 0 Å². The Balaban J connectivity index is 2.64. The van der Waals surface area contributed by atoms with E-state index in [4.69, 9.17) is 5.73 Å². The highest BCUT2D eigenvalue weighted by Gasteiger charge is 2.19. The third-order valence-electron chi connectivity index (χ3n) is 2.65. The Kier molecular flexibility index (Phi) is 4.43. The summed E-state index contributed by atoms with van der Waals surface area (Å²) in [5, 5.41) is 2.59. The molecule has 88 valence electrons. The number of halogens is 1. The van der Waals surface area contributed by atoms with Gasteiger partial charge in [0.1, 0.15) is 5.82 Å². The van der Waals surface area contributed by atoms with Gasteiger partial charge >= 0.3 is 0 Å². The molecular weight excluding hydrogens is 207 g/mol. The fourth-order valence-corrected chi connectivity index (χ4v) is 1.30. The number of hydrogen-bond acceptors (Lipinski definition) is 2. The van der Waals surface area contributed by atoms with Gasteiger partial charge in [0.15, 0.2) is 0 Å². The minimum Gasteiger partial charge on any atom is -0.325 e. The molecule has 0 radical (unpaired) electrons. The number of hydrogen-bond donors (Lipinski definition) is 2. The summed E-state index contributed by atoms with van der Waals surface area (Å²) in [6.07, 6.45) is 0.831. The molecule has 3 N–H and O–H groups in total. The molecule has 0 aliphatic heterocycles. The van der Waals surface area contributed by atoms with Gasteiger partial charge in [0, 0.05) is 5.69 Å². The predicted molar refractivity (Wildman–Crippen MR) is 62.5 cm³/mol. The Morgan fingerprint density at radius 2 is 2.25 bits per heavy atom. The molecule has 1 rings (SSSR count). The van der Waals surface area contributed by atoms with Crippen molar-refractivity contribution in [3.63, 3.8) is 0 Å². The molecule has 2 unspecified atom stereocenters. The van der Waals surface area contributed by atoms with E-state index in [1.54, 1.807) is 12.1 Å². The van der Waals surface area contributed by atoms with Gasteiger partial charge in [0.2, 0.25) is 5.91 Å². The standard InChI is InChI=1S/C12H17FN2O/c1-3-8(2)11(14)12(16)15-10-6-4-5-9(13)7-10/h4-8,11H,3,14H2,1-2H3,(H,15,16). The monoisotopic (exact) mass is 224 g/mol. The lowest BCUT2D eigenvalue weighted by Gasteiger charge is -2.17. The van der Waals surface area contributed by atoms with Crippen molar-refractivity contribution in [3.8, 4) is 0 Å². The van der Waals surface area contributed by atoms with Crippen LogP contribution in [0.25, 0.3) is 0 Å². The molecule has 0 bridgehead atoms. The van der Waals surface area contributed by atoms with E-state index in [0.717, 1.165) is 6.42 Å². The second-order valence-electron chi connectivity index (χ2n) is 3.91. The van der Waals surface area contributed by atoms with Gasteiger partial charge in [-0.3, -0.25) is 4.79 Å². The summed E-state index contributed by atoms with van der Waals surface area (Å²) in [5.41, 5.74) is 6.19. The van der Waals surface area contributed by atoms with Crippen LogP contribution in [0.5, 0.6) is 0 Å². The molecule has 4 heteroatoms. The molecule has 16 heavy (non-hydrogen) atoms. The van der Waals surface area contributed by atoms with Crippen LogP contribution < -0.4 is 11.1 Å². The number of anilines is 1. The SMILES string of the molecule is CCC(C)C(N)C(=O)Nc1cccc(F)c1. The average molecular weight is 224 g/mol. The van der Waals surface area contributed by atoms with Crippen molar-refractivity contribution in [1.82, 2.24) is 0 Å². The van der Waals surface area contributed by atoms with Crippen molar-refractivity contribution >= 4 is 11.6 Å². The van der Waals surface area contributed by atoms with E-state index in [-0.39, 0.29) is 17.6 Å². The summed E-state index contributed by atoms with van der Waals surface area (Å²) in [5.74, 6) is -0.552. The Morgan fingerprint density at radius 3 is 2.81 bits per heavy atom. The highest BCUT2D eigenvalue weighted by molar-refractivity contribution is 5.94.